The summed E-state index contributed by atoms with van der Waals surface area (Å²) in [5, 5.41) is 4.42. The first-order valence-electron chi connectivity index (χ1n) is 11.3. The van der Waals surface area contributed by atoms with Crippen LogP contribution in [0.2, 0.25) is 0 Å². The maximum Gasteiger partial charge on any atom is 0.257 e. The highest BCUT2D eigenvalue weighted by Gasteiger charge is 2.28. The molecule has 6 nitrogen and oxygen atoms in total. The SMILES string of the molecule is Cc1cc(C(=O)Nc2sc(-c3ccccc3)c(C)c2C(=O)N2CCOCC2)c2ccccc2n1. The van der Waals surface area contributed by atoms with Crippen LogP contribution in [0.15, 0.2) is 60.7 Å². The Kier molecular flexibility index (Phi) is 6.13. The molecule has 2 aromatic carbocycles. The smallest absolute Gasteiger partial charge is 0.257 e. The Morgan fingerprint density at radius 1 is 1.00 bits per heavy atom. The maximum atomic E-state index is 13.6. The number of ether oxygens (including phenoxy) is 1. The largest absolute Gasteiger partial charge is 0.378 e. The Morgan fingerprint density at radius 3 is 2.47 bits per heavy atom. The van der Waals surface area contributed by atoms with Gasteiger partial charge >= 0.3 is 0 Å². The molecule has 34 heavy (non-hydrogen) atoms. The molecule has 1 fully saturated rings. The molecule has 2 aromatic heterocycles. The van der Waals surface area contributed by atoms with Gasteiger partial charge in [-0.3, -0.25) is 14.6 Å². The molecule has 172 valence electrons. The molecule has 0 radical (unpaired) electrons. The lowest BCUT2D eigenvalue weighted by molar-refractivity contribution is 0.0303. The molecule has 3 heterocycles. The predicted molar refractivity (Wildman–Crippen MR) is 136 cm³/mol. The number of hydrogen-bond acceptors (Lipinski definition) is 5. The predicted octanol–water partition coefficient (Wildman–Crippen LogP) is 5.30. The standard InChI is InChI=1S/C27H25N3O3S/c1-17-16-21(20-10-6-7-11-22(20)28-17)25(31)29-26-23(27(32)30-12-14-33-15-13-30)18(2)24(34-26)19-8-4-3-5-9-19/h3-11,16H,12-15H2,1-2H3,(H,29,31). The van der Waals surface area contributed by atoms with Crippen molar-refractivity contribution in [2.24, 2.45) is 0 Å². The topological polar surface area (TPSA) is 71.5 Å². The summed E-state index contributed by atoms with van der Waals surface area (Å²) in [5.74, 6) is -0.330. The van der Waals surface area contributed by atoms with Crippen LogP contribution in [0.3, 0.4) is 0 Å². The average molecular weight is 472 g/mol. The van der Waals surface area contributed by atoms with E-state index in [0.717, 1.165) is 32.6 Å². The van der Waals surface area contributed by atoms with Crippen molar-refractivity contribution < 1.29 is 14.3 Å². The zero-order chi connectivity index (χ0) is 23.7. The van der Waals surface area contributed by atoms with Gasteiger partial charge in [0, 0.05) is 29.0 Å². The number of aromatic nitrogens is 1. The molecule has 1 saturated heterocycles. The minimum Gasteiger partial charge on any atom is -0.378 e. The van der Waals surface area contributed by atoms with E-state index in [-0.39, 0.29) is 11.8 Å². The number of amides is 2. The van der Waals surface area contributed by atoms with Gasteiger partial charge in [0.05, 0.1) is 29.9 Å². The third-order valence-corrected chi connectivity index (χ3v) is 7.27. The van der Waals surface area contributed by atoms with Crippen LogP contribution in [0.1, 0.15) is 32.0 Å². The third kappa shape index (κ3) is 4.20. The summed E-state index contributed by atoms with van der Waals surface area (Å²) in [4.78, 5) is 34.4. The van der Waals surface area contributed by atoms with E-state index in [1.54, 1.807) is 11.0 Å². The van der Waals surface area contributed by atoms with Gasteiger partial charge in [0.25, 0.3) is 11.8 Å². The van der Waals surface area contributed by atoms with Gasteiger partial charge in [0.2, 0.25) is 0 Å². The highest BCUT2D eigenvalue weighted by atomic mass is 32.1. The van der Waals surface area contributed by atoms with Gasteiger partial charge in [-0.25, -0.2) is 0 Å². The van der Waals surface area contributed by atoms with Gasteiger partial charge in [-0.15, -0.1) is 11.3 Å². The highest BCUT2D eigenvalue weighted by molar-refractivity contribution is 7.20. The average Bonchev–Trinajstić information content (AvgIpc) is 3.19. The maximum absolute atomic E-state index is 13.6. The van der Waals surface area contributed by atoms with Crippen molar-refractivity contribution in [2.75, 3.05) is 31.6 Å². The number of aryl methyl sites for hydroxylation is 1. The van der Waals surface area contributed by atoms with E-state index in [1.165, 1.54) is 11.3 Å². The fourth-order valence-electron chi connectivity index (χ4n) is 4.31. The Bertz CT molecular complexity index is 1370. The van der Waals surface area contributed by atoms with Crippen LogP contribution in [-0.2, 0) is 4.74 Å². The molecular formula is C27H25N3O3S. The number of nitrogens with zero attached hydrogens (tertiary/aromatic N) is 2. The number of carbonyl (C=O) groups is 2. The van der Waals surface area contributed by atoms with Crippen molar-refractivity contribution >= 4 is 39.1 Å². The Hall–Kier alpha value is -3.55. The Labute approximate surface area is 202 Å². The molecule has 0 unspecified atom stereocenters. The fraction of sp³-hybridized carbons (Fsp3) is 0.222. The molecule has 0 saturated carbocycles. The van der Waals surface area contributed by atoms with E-state index in [0.29, 0.717) is 42.4 Å². The molecule has 0 aliphatic carbocycles. The number of anilines is 1. The summed E-state index contributed by atoms with van der Waals surface area (Å²) >= 11 is 1.44. The number of rotatable bonds is 4. The normalized spacial score (nSPS) is 13.8. The number of carbonyl (C=O) groups excluding carboxylic acids is 2. The molecule has 0 spiro atoms. The van der Waals surface area contributed by atoms with Gasteiger partial charge in [0.15, 0.2) is 0 Å². The van der Waals surface area contributed by atoms with E-state index in [2.05, 4.69) is 10.3 Å². The van der Waals surface area contributed by atoms with E-state index in [4.69, 9.17) is 4.74 Å². The second-order valence-electron chi connectivity index (χ2n) is 8.31. The highest BCUT2D eigenvalue weighted by Crippen LogP contribution is 2.41. The molecule has 1 aliphatic heterocycles. The number of thiophene rings is 1. The van der Waals surface area contributed by atoms with Crippen molar-refractivity contribution in [2.45, 2.75) is 13.8 Å². The van der Waals surface area contributed by atoms with Gasteiger partial charge < -0.3 is 15.0 Å². The van der Waals surface area contributed by atoms with Crippen LogP contribution in [-0.4, -0.2) is 48.0 Å². The Morgan fingerprint density at radius 2 is 1.71 bits per heavy atom. The van der Waals surface area contributed by atoms with E-state index in [1.807, 2.05) is 68.4 Å². The van der Waals surface area contributed by atoms with E-state index in [9.17, 15) is 9.59 Å². The monoisotopic (exact) mass is 471 g/mol. The number of benzene rings is 2. The molecule has 5 rings (SSSR count). The zero-order valence-electron chi connectivity index (χ0n) is 19.1. The van der Waals surface area contributed by atoms with Crippen LogP contribution < -0.4 is 5.32 Å². The van der Waals surface area contributed by atoms with Crippen molar-refractivity contribution in [1.29, 1.82) is 0 Å². The lowest BCUT2D eigenvalue weighted by Crippen LogP contribution is -2.41. The lowest BCUT2D eigenvalue weighted by Gasteiger charge is -2.27. The van der Waals surface area contributed by atoms with Crippen molar-refractivity contribution in [1.82, 2.24) is 9.88 Å². The summed E-state index contributed by atoms with van der Waals surface area (Å²) in [5.41, 5.74) is 4.52. The second-order valence-corrected chi connectivity index (χ2v) is 9.33. The molecule has 7 heteroatoms. The number of morpholine rings is 1. The fourth-order valence-corrected chi connectivity index (χ4v) is 5.51. The number of hydrogen-bond donors (Lipinski definition) is 1. The molecular weight excluding hydrogens is 446 g/mol. The molecule has 0 bridgehead atoms. The molecule has 0 atom stereocenters. The molecule has 4 aromatic rings. The first-order valence-corrected chi connectivity index (χ1v) is 12.1. The second kappa shape index (κ2) is 9.37. The van der Waals surface area contributed by atoms with Crippen molar-refractivity contribution in [3.63, 3.8) is 0 Å². The summed E-state index contributed by atoms with van der Waals surface area (Å²) in [6.45, 7) is 5.94. The van der Waals surface area contributed by atoms with E-state index >= 15 is 0 Å². The van der Waals surface area contributed by atoms with Gasteiger partial charge in [-0.05, 0) is 37.1 Å². The molecule has 1 N–H and O–H groups in total. The summed E-state index contributed by atoms with van der Waals surface area (Å²) < 4.78 is 5.43. The van der Waals surface area contributed by atoms with Crippen LogP contribution in [0, 0.1) is 13.8 Å². The summed E-state index contributed by atoms with van der Waals surface area (Å²) in [6.07, 6.45) is 0. The molecule has 2 amide bonds. The third-order valence-electron chi connectivity index (χ3n) is 6.01. The lowest BCUT2D eigenvalue weighted by atomic mass is 10.0. The number of para-hydroxylation sites is 1. The van der Waals surface area contributed by atoms with Crippen molar-refractivity contribution in [3.8, 4) is 10.4 Å². The number of fused-ring (bicyclic) bond motifs is 1. The zero-order valence-corrected chi connectivity index (χ0v) is 19.9. The minimum atomic E-state index is -0.251. The van der Waals surface area contributed by atoms with Gasteiger partial charge in [0.1, 0.15) is 5.00 Å². The van der Waals surface area contributed by atoms with E-state index < -0.39 is 0 Å². The van der Waals surface area contributed by atoms with Crippen molar-refractivity contribution in [3.05, 3.63) is 83.0 Å². The summed E-state index contributed by atoms with van der Waals surface area (Å²) in [6, 6.07) is 19.3. The Balaban J connectivity index is 1.58. The van der Waals surface area contributed by atoms with Crippen LogP contribution >= 0.6 is 11.3 Å². The van der Waals surface area contributed by atoms with Gasteiger partial charge in [-0.1, -0.05) is 48.5 Å². The number of nitrogens with one attached hydrogen (secondary N) is 1. The van der Waals surface area contributed by atoms with Crippen LogP contribution in [0.25, 0.3) is 21.3 Å². The first kappa shape index (κ1) is 22.3. The number of pyridine rings is 1. The minimum absolute atomic E-state index is 0.0784. The van der Waals surface area contributed by atoms with Crippen LogP contribution in [0.4, 0.5) is 5.00 Å². The quantitative estimate of drug-likeness (QED) is 0.438. The first-order chi connectivity index (χ1) is 16.5. The summed E-state index contributed by atoms with van der Waals surface area (Å²) in [7, 11) is 0. The molecule has 1 aliphatic rings. The van der Waals surface area contributed by atoms with Gasteiger partial charge in [-0.2, -0.15) is 0 Å². The van der Waals surface area contributed by atoms with Crippen LogP contribution in [0.5, 0.6) is 0 Å².